The molecule has 0 fully saturated rings. The minimum absolute atomic E-state index is 0.147. The first kappa shape index (κ1) is 16.2. The van der Waals surface area contributed by atoms with Gasteiger partial charge in [-0.15, -0.1) is 0 Å². The first-order valence-corrected chi connectivity index (χ1v) is 7.77. The van der Waals surface area contributed by atoms with Crippen LogP contribution in [0.25, 0.3) is 10.9 Å². The highest BCUT2D eigenvalue weighted by atomic mass is 19.3. The summed E-state index contributed by atoms with van der Waals surface area (Å²) in [6, 6.07) is 8.04. The second-order valence-electron chi connectivity index (χ2n) is 5.60. The van der Waals surface area contributed by atoms with Gasteiger partial charge in [-0.2, -0.15) is 5.10 Å². The fourth-order valence-electron chi connectivity index (χ4n) is 2.67. The molecule has 0 saturated heterocycles. The molecule has 2 N–H and O–H groups in total. The normalized spacial score (nSPS) is 11.3. The zero-order valence-electron chi connectivity index (χ0n) is 13.0. The predicted molar refractivity (Wildman–Crippen MR) is 88.1 cm³/mol. The van der Waals surface area contributed by atoms with E-state index in [-0.39, 0.29) is 5.91 Å². The lowest BCUT2D eigenvalue weighted by Crippen LogP contribution is -2.11. The second-order valence-corrected chi connectivity index (χ2v) is 5.60. The average molecular weight is 332 g/mol. The van der Waals surface area contributed by atoms with E-state index in [1.54, 1.807) is 0 Å². The fourth-order valence-corrected chi connectivity index (χ4v) is 2.67. The van der Waals surface area contributed by atoms with Crippen molar-refractivity contribution in [3.8, 4) is 0 Å². The molecule has 0 bridgehead atoms. The number of hydrogen-bond donors (Lipinski definition) is 2. The van der Waals surface area contributed by atoms with Crippen molar-refractivity contribution in [2.75, 3.05) is 5.32 Å². The third-order valence-corrected chi connectivity index (χ3v) is 3.77. The third-order valence-electron chi connectivity index (χ3n) is 3.77. The molecule has 0 aliphatic carbocycles. The summed E-state index contributed by atoms with van der Waals surface area (Å²) in [5.74, 6) is -0.147. The number of para-hydroxylation sites is 1. The van der Waals surface area contributed by atoms with E-state index in [1.807, 2.05) is 24.4 Å². The quantitative estimate of drug-likeness (QED) is 0.694. The number of nitrogens with one attached hydrogen (secondary N) is 2. The van der Waals surface area contributed by atoms with Crippen LogP contribution in [0.15, 0.2) is 42.9 Å². The number of aromatic nitrogens is 3. The molecule has 3 aromatic rings. The highest BCUT2D eigenvalue weighted by Gasteiger charge is 2.09. The van der Waals surface area contributed by atoms with Gasteiger partial charge in [0.05, 0.1) is 11.9 Å². The number of halogens is 2. The summed E-state index contributed by atoms with van der Waals surface area (Å²) in [6.45, 7) is -0.476. The van der Waals surface area contributed by atoms with Gasteiger partial charge in [0.15, 0.2) is 0 Å². The fraction of sp³-hybridized carbons (Fsp3) is 0.294. The summed E-state index contributed by atoms with van der Waals surface area (Å²) in [7, 11) is 0. The van der Waals surface area contributed by atoms with Gasteiger partial charge in [-0.1, -0.05) is 18.2 Å². The lowest BCUT2D eigenvalue weighted by Gasteiger charge is -2.03. The van der Waals surface area contributed by atoms with Crippen LogP contribution in [0.4, 0.5) is 14.5 Å². The van der Waals surface area contributed by atoms with Gasteiger partial charge in [0.2, 0.25) is 5.91 Å². The molecule has 2 heterocycles. The van der Waals surface area contributed by atoms with Crippen LogP contribution in [0.1, 0.15) is 18.4 Å². The molecule has 0 saturated carbocycles. The molecular formula is C17H18F2N4O. The second kappa shape index (κ2) is 7.25. The van der Waals surface area contributed by atoms with Gasteiger partial charge >= 0.3 is 0 Å². The van der Waals surface area contributed by atoms with Gasteiger partial charge in [0.1, 0.15) is 6.54 Å². The van der Waals surface area contributed by atoms with E-state index < -0.39 is 13.0 Å². The predicted octanol–water partition coefficient (Wildman–Crippen LogP) is 3.59. The highest BCUT2D eigenvalue weighted by molar-refractivity contribution is 5.90. The van der Waals surface area contributed by atoms with Crippen molar-refractivity contribution in [3.05, 3.63) is 48.4 Å². The van der Waals surface area contributed by atoms with Crippen LogP contribution < -0.4 is 5.32 Å². The number of anilines is 1. The molecule has 1 amide bonds. The molecule has 2 aromatic heterocycles. The monoisotopic (exact) mass is 332 g/mol. The number of benzene rings is 1. The Balaban J connectivity index is 1.48. The van der Waals surface area contributed by atoms with Crippen LogP contribution in [0.5, 0.6) is 0 Å². The van der Waals surface area contributed by atoms with E-state index >= 15 is 0 Å². The Bertz CT molecular complexity index is 825. The largest absolute Gasteiger partial charge is 0.361 e. The Labute approximate surface area is 137 Å². The number of aryl methyl sites for hydroxylation is 1. The Morgan fingerprint density at radius 1 is 1.33 bits per heavy atom. The zero-order chi connectivity index (χ0) is 16.9. The van der Waals surface area contributed by atoms with Crippen molar-refractivity contribution in [2.45, 2.75) is 32.2 Å². The molecule has 0 atom stereocenters. The van der Waals surface area contributed by atoms with E-state index in [4.69, 9.17) is 0 Å². The van der Waals surface area contributed by atoms with E-state index in [9.17, 15) is 13.6 Å². The van der Waals surface area contributed by atoms with Gasteiger partial charge in [0, 0.05) is 29.7 Å². The number of amides is 1. The van der Waals surface area contributed by atoms with Gasteiger partial charge in [-0.3, -0.25) is 9.48 Å². The number of rotatable bonds is 7. The summed E-state index contributed by atoms with van der Waals surface area (Å²) in [5.41, 5.74) is 2.71. The number of hydrogen-bond acceptors (Lipinski definition) is 2. The summed E-state index contributed by atoms with van der Waals surface area (Å²) in [5, 5.41) is 7.63. The third kappa shape index (κ3) is 3.98. The van der Waals surface area contributed by atoms with Crippen LogP contribution >= 0.6 is 0 Å². The number of H-pyrrole nitrogens is 1. The van der Waals surface area contributed by atoms with Crippen molar-refractivity contribution in [3.63, 3.8) is 0 Å². The molecule has 0 unspecified atom stereocenters. The van der Waals surface area contributed by atoms with E-state index in [2.05, 4.69) is 21.5 Å². The zero-order valence-corrected chi connectivity index (χ0v) is 13.0. The highest BCUT2D eigenvalue weighted by Crippen LogP contribution is 2.19. The molecule has 126 valence electrons. The van der Waals surface area contributed by atoms with Crippen LogP contribution in [0, 0.1) is 0 Å². The summed E-state index contributed by atoms with van der Waals surface area (Å²) >= 11 is 0. The van der Waals surface area contributed by atoms with Crippen molar-refractivity contribution < 1.29 is 13.6 Å². The van der Waals surface area contributed by atoms with Crippen molar-refractivity contribution >= 4 is 22.5 Å². The molecule has 0 aliphatic heterocycles. The number of alkyl halides is 2. The Morgan fingerprint density at radius 2 is 2.17 bits per heavy atom. The van der Waals surface area contributed by atoms with E-state index in [1.165, 1.54) is 23.3 Å². The lowest BCUT2D eigenvalue weighted by molar-refractivity contribution is -0.116. The number of nitrogens with zero attached hydrogens (tertiary/aromatic N) is 2. The van der Waals surface area contributed by atoms with Crippen molar-refractivity contribution in [1.82, 2.24) is 14.8 Å². The number of carbonyl (C=O) groups excluding carboxylic acids is 1. The summed E-state index contributed by atoms with van der Waals surface area (Å²) < 4.78 is 25.6. The molecule has 3 rings (SSSR count). The maximum atomic E-state index is 12.3. The molecule has 1 aromatic carbocycles. The standard InChI is InChI=1S/C17H18F2N4O/c18-16(19)11-23-10-13(9-21-23)22-17(24)7-3-4-12-8-20-15-6-2-1-5-14(12)15/h1-2,5-6,8-10,16,20H,3-4,7,11H2,(H,22,24). The first-order chi connectivity index (χ1) is 11.6. The van der Waals surface area contributed by atoms with Crippen LogP contribution in [0.3, 0.4) is 0 Å². The lowest BCUT2D eigenvalue weighted by atomic mass is 10.1. The minimum atomic E-state index is -2.47. The smallest absolute Gasteiger partial charge is 0.257 e. The van der Waals surface area contributed by atoms with Gasteiger partial charge < -0.3 is 10.3 Å². The van der Waals surface area contributed by atoms with Crippen molar-refractivity contribution in [1.29, 1.82) is 0 Å². The van der Waals surface area contributed by atoms with Gasteiger partial charge in [0.25, 0.3) is 6.43 Å². The maximum Gasteiger partial charge on any atom is 0.257 e. The van der Waals surface area contributed by atoms with Crippen molar-refractivity contribution in [2.24, 2.45) is 0 Å². The van der Waals surface area contributed by atoms with Crippen LogP contribution in [-0.2, 0) is 17.8 Å². The Kier molecular flexibility index (Phi) is 4.88. The molecular weight excluding hydrogens is 314 g/mol. The number of aromatic amines is 1. The molecule has 24 heavy (non-hydrogen) atoms. The van der Waals surface area contributed by atoms with Gasteiger partial charge in [-0.25, -0.2) is 8.78 Å². The Hall–Kier alpha value is -2.70. The number of carbonyl (C=O) groups is 1. The van der Waals surface area contributed by atoms with Gasteiger partial charge in [-0.05, 0) is 24.5 Å². The summed E-state index contributed by atoms with van der Waals surface area (Å²) in [6.07, 6.45) is 4.14. The molecule has 0 aliphatic rings. The molecule has 7 heteroatoms. The van der Waals surface area contributed by atoms with E-state index in [0.29, 0.717) is 18.5 Å². The Morgan fingerprint density at radius 3 is 3.00 bits per heavy atom. The van der Waals surface area contributed by atoms with Crippen LogP contribution in [-0.4, -0.2) is 27.1 Å². The van der Waals surface area contributed by atoms with E-state index in [0.717, 1.165) is 16.6 Å². The molecule has 5 nitrogen and oxygen atoms in total. The van der Waals surface area contributed by atoms with Crippen LogP contribution in [0.2, 0.25) is 0 Å². The SMILES string of the molecule is O=C(CCCc1c[nH]c2ccccc12)Nc1cnn(CC(F)F)c1. The topological polar surface area (TPSA) is 62.7 Å². The first-order valence-electron chi connectivity index (χ1n) is 7.77. The molecule has 0 radical (unpaired) electrons. The number of fused-ring (bicyclic) bond motifs is 1. The molecule has 0 spiro atoms. The average Bonchev–Trinajstić information content (AvgIpc) is 3.14. The minimum Gasteiger partial charge on any atom is -0.361 e. The maximum absolute atomic E-state index is 12.3. The summed E-state index contributed by atoms with van der Waals surface area (Å²) in [4.78, 5) is 15.1.